The van der Waals surface area contributed by atoms with Crippen molar-refractivity contribution in [1.82, 2.24) is 0 Å². The highest BCUT2D eigenvalue weighted by molar-refractivity contribution is 5.96. The van der Waals surface area contributed by atoms with Crippen LogP contribution in [0, 0.1) is 0 Å². The van der Waals surface area contributed by atoms with Crippen molar-refractivity contribution in [1.29, 1.82) is 0 Å². The number of carboxylic acid groups (broad SMARTS) is 1. The number of aliphatic hydroxyl groups is 1. The number of carbonyl (C=O) groups excluding carboxylic acids is 2. The molecular formula is C14H14O8. The summed E-state index contributed by atoms with van der Waals surface area (Å²) in [6.45, 7) is 0. The summed E-state index contributed by atoms with van der Waals surface area (Å²) >= 11 is 0. The lowest BCUT2D eigenvalue weighted by molar-refractivity contribution is -0.165. The third kappa shape index (κ3) is 5.25. The Labute approximate surface area is 125 Å². The van der Waals surface area contributed by atoms with Crippen molar-refractivity contribution in [2.45, 2.75) is 12.5 Å². The van der Waals surface area contributed by atoms with E-state index in [0.29, 0.717) is 5.56 Å². The molecule has 0 radical (unpaired) electrons. The number of carbonyl (C=O) groups is 3. The van der Waals surface area contributed by atoms with E-state index in [0.717, 1.165) is 6.08 Å². The van der Waals surface area contributed by atoms with Gasteiger partial charge in [-0.25, -0.2) is 9.59 Å². The topological polar surface area (TPSA) is 130 Å². The molecule has 3 N–H and O–H groups in total. The fourth-order valence-electron chi connectivity index (χ4n) is 1.41. The number of methoxy groups -OCH3 is 1. The maximum atomic E-state index is 11.4. The molecule has 1 unspecified atom stereocenters. The lowest BCUT2D eigenvalue weighted by Gasteiger charge is -2.05. The molecular weight excluding hydrogens is 296 g/mol. The molecule has 0 saturated heterocycles. The van der Waals surface area contributed by atoms with Crippen LogP contribution in [0.5, 0.6) is 11.5 Å². The van der Waals surface area contributed by atoms with Crippen LogP contribution in [0.3, 0.4) is 0 Å². The summed E-state index contributed by atoms with van der Waals surface area (Å²) in [6.07, 6.45) is -0.563. The zero-order valence-electron chi connectivity index (χ0n) is 11.6. The predicted molar refractivity (Wildman–Crippen MR) is 73.1 cm³/mol. The summed E-state index contributed by atoms with van der Waals surface area (Å²) in [5.41, 5.74) is 0.491. The number of hydrogen-bond acceptors (Lipinski definition) is 7. The van der Waals surface area contributed by atoms with Crippen molar-refractivity contribution < 1.29 is 39.2 Å². The van der Waals surface area contributed by atoms with E-state index in [1.54, 1.807) is 0 Å². The number of esters is 2. The summed E-state index contributed by atoms with van der Waals surface area (Å²) in [5, 5.41) is 26.9. The van der Waals surface area contributed by atoms with Crippen LogP contribution >= 0.6 is 0 Å². The highest BCUT2D eigenvalue weighted by Gasteiger charge is 2.21. The van der Waals surface area contributed by atoms with Gasteiger partial charge >= 0.3 is 17.9 Å². The van der Waals surface area contributed by atoms with E-state index in [4.69, 9.17) is 14.9 Å². The van der Waals surface area contributed by atoms with E-state index >= 15 is 0 Å². The summed E-state index contributed by atoms with van der Waals surface area (Å²) in [5.74, 6) is -3.69. The average molecular weight is 310 g/mol. The van der Waals surface area contributed by atoms with Crippen LogP contribution in [-0.2, 0) is 19.1 Å². The van der Waals surface area contributed by atoms with Gasteiger partial charge in [0, 0.05) is 6.08 Å². The summed E-state index contributed by atoms with van der Waals surface area (Å²) in [7, 11) is 1.36. The number of aliphatic hydroxyl groups excluding tert-OH is 1. The molecule has 0 aromatic heterocycles. The molecule has 1 aromatic carbocycles. The van der Waals surface area contributed by atoms with E-state index in [-0.39, 0.29) is 11.5 Å². The lowest BCUT2D eigenvalue weighted by atomic mass is 10.2. The monoisotopic (exact) mass is 310 g/mol. The molecule has 0 heterocycles. The fourth-order valence-corrected chi connectivity index (χ4v) is 1.41. The van der Waals surface area contributed by atoms with E-state index < -0.39 is 30.4 Å². The second-order valence-corrected chi connectivity index (χ2v) is 4.12. The van der Waals surface area contributed by atoms with Gasteiger partial charge in [0.2, 0.25) is 0 Å². The van der Waals surface area contributed by atoms with Crippen molar-refractivity contribution in [3.63, 3.8) is 0 Å². The van der Waals surface area contributed by atoms with Crippen LogP contribution < -0.4 is 4.74 Å². The zero-order chi connectivity index (χ0) is 16.7. The van der Waals surface area contributed by atoms with Crippen LogP contribution in [0.2, 0.25) is 0 Å². The number of ether oxygens (including phenoxy) is 2. The molecule has 1 atom stereocenters. The van der Waals surface area contributed by atoms with Crippen molar-refractivity contribution >= 4 is 24.0 Å². The maximum absolute atomic E-state index is 11.4. The lowest BCUT2D eigenvalue weighted by Crippen LogP contribution is -2.27. The molecule has 0 saturated carbocycles. The second kappa shape index (κ2) is 7.79. The molecule has 0 aliphatic heterocycles. The molecule has 0 aliphatic rings. The molecule has 0 aliphatic carbocycles. The quantitative estimate of drug-likeness (QED) is 0.389. The normalized spacial score (nSPS) is 11.9. The largest absolute Gasteiger partial charge is 0.504 e. The van der Waals surface area contributed by atoms with Gasteiger partial charge < -0.3 is 24.8 Å². The van der Waals surface area contributed by atoms with Gasteiger partial charge in [-0.3, -0.25) is 4.79 Å². The third-order valence-corrected chi connectivity index (χ3v) is 2.46. The number of rotatable bonds is 6. The molecule has 0 bridgehead atoms. The molecule has 118 valence electrons. The first-order valence-corrected chi connectivity index (χ1v) is 6.04. The molecule has 22 heavy (non-hydrogen) atoms. The minimum absolute atomic E-state index is 0.0748. The molecule has 1 rings (SSSR count). The standard InChI is InChI=1S/C14H14O8/c1-21-11-6-8(2-4-9(11)15)3-5-13(19)22-14(20)10(16)7-12(17)18/h2-6,10,15-16H,7H2,1H3,(H,17,18)/b5-3+. The fraction of sp³-hybridized carbons (Fsp3) is 0.214. The van der Waals surface area contributed by atoms with E-state index in [9.17, 15) is 19.5 Å². The van der Waals surface area contributed by atoms with Gasteiger partial charge in [0.25, 0.3) is 0 Å². The minimum Gasteiger partial charge on any atom is -0.504 e. The molecule has 8 nitrogen and oxygen atoms in total. The predicted octanol–water partition coefficient (Wildman–Crippen LogP) is 0.319. The van der Waals surface area contributed by atoms with Gasteiger partial charge in [-0.05, 0) is 23.8 Å². The molecule has 0 spiro atoms. The van der Waals surface area contributed by atoms with E-state index in [1.807, 2.05) is 0 Å². The maximum Gasteiger partial charge on any atom is 0.343 e. The van der Waals surface area contributed by atoms with Crippen LogP contribution in [0.25, 0.3) is 6.08 Å². The van der Waals surface area contributed by atoms with E-state index in [1.165, 1.54) is 31.4 Å². The van der Waals surface area contributed by atoms with Crippen molar-refractivity contribution in [2.24, 2.45) is 0 Å². The van der Waals surface area contributed by atoms with Gasteiger partial charge in [-0.2, -0.15) is 0 Å². The number of carboxylic acids is 1. The first-order valence-electron chi connectivity index (χ1n) is 6.04. The first-order chi connectivity index (χ1) is 10.3. The molecule has 8 heteroatoms. The minimum atomic E-state index is -1.91. The number of benzene rings is 1. The first kappa shape index (κ1) is 17.2. The van der Waals surface area contributed by atoms with Gasteiger partial charge in [0.05, 0.1) is 13.5 Å². The molecule has 0 fully saturated rings. The number of hydrogen-bond donors (Lipinski definition) is 3. The van der Waals surface area contributed by atoms with Crippen molar-refractivity contribution in [2.75, 3.05) is 7.11 Å². The Hall–Kier alpha value is -2.87. The SMILES string of the molecule is COc1cc(/C=C/C(=O)OC(=O)C(O)CC(=O)O)ccc1O. The Balaban J connectivity index is 2.64. The number of phenols is 1. The highest BCUT2D eigenvalue weighted by Crippen LogP contribution is 2.26. The Morgan fingerprint density at radius 2 is 2.00 bits per heavy atom. The molecule has 0 amide bonds. The smallest absolute Gasteiger partial charge is 0.343 e. The number of phenolic OH excluding ortho intramolecular Hbond substituents is 1. The van der Waals surface area contributed by atoms with E-state index in [2.05, 4.69) is 4.74 Å². The average Bonchev–Trinajstić information content (AvgIpc) is 2.45. The Morgan fingerprint density at radius 3 is 2.59 bits per heavy atom. The summed E-state index contributed by atoms with van der Waals surface area (Å²) in [4.78, 5) is 32.9. The Kier molecular flexibility index (Phi) is 6.09. The van der Waals surface area contributed by atoms with Crippen molar-refractivity contribution in [3.8, 4) is 11.5 Å². The van der Waals surface area contributed by atoms with Gasteiger partial charge in [-0.1, -0.05) is 6.07 Å². The summed E-state index contributed by atoms with van der Waals surface area (Å²) < 4.78 is 9.14. The Morgan fingerprint density at radius 1 is 1.32 bits per heavy atom. The number of aliphatic carboxylic acids is 1. The van der Waals surface area contributed by atoms with Gasteiger partial charge in [0.15, 0.2) is 17.6 Å². The van der Waals surface area contributed by atoms with Crippen LogP contribution in [0.15, 0.2) is 24.3 Å². The number of aromatic hydroxyl groups is 1. The third-order valence-electron chi connectivity index (χ3n) is 2.46. The van der Waals surface area contributed by atoms with Crippen LogP contribution in [0.4, 0.5) is 0 Å². The van der Waals surface area contributed by atoms with Gasteiger partial charge in [0.1, 0.15) is 0 Å². The Bertz CT molecular complexity index is 605. The van der Waals surface area contributed by atoms with Crippen LogP contribution in [0.1, 0.15) is 12.0 Å². The second-order valence-electron chi connectivity index (χ2n) is 4.12. The summed E-state index contributed by atoms with van der Waals surface area (Å²) in [6, 6.07) is 4.29. The van der Waals surface area contributed by atoms with Gasteiger partial charge in [-0.15, -0.1) is 0 Å². The van der Waals surface area contributed by atoms with Crippen LogP contribution in [-0.4, -0.2) is 46.4 Å². The highest BCUT2D eigenvalue weighted by atomic mass is 16.6. The van der Waals surface area contributed by atoms with Crippen molar-refractivity contribution in [3.05, 3.63) is 29.8 Å². The molecule has 1 aromatic rings. The zero-order valence-corrected chi connectivity index (χ0v) is 11.6.